The molecule has 0 heterocycles. The minimum Gasteiger partial charge on any atom is -0.299 e. The summed E-state index contributed by atoms with van der Waals surface area (Å²) >= 11 is 0. The second-order valence-corrected chi connectivity index (χ2v) is 7.18. The van der Waals surface area contributed by atoms with Crippen molar-refractivity contribution in [2.75, 3.05) is 0 Å². The van der Waals surface area contributed by atoms with Gasteiger partial charge in [-0.3, -0.25) is 9.59 Å². The van der Waals surface area contributed by atoms with Gasteiger partial charge in [-0.25, -0.2) is 0 Å². The third-order valence-electron chi connectivity index (χ3n) is 3.69. The van der Waals surface area contributed by atoms with Gasteiger partial charge in [0, 0.05) is 11.8 Å². The molecule has 2 nitrogen and oxygen atoms in total. The summed E-state index contributed by atoms with van der Waals surface area (Å²) in [6, 6.07) is 0. The molecule has 0 bridgehead atoms. The lowest BCUT2D eigenvalue weighted by Crippen LogP contribution is -2.43. The van der Waals surface area contributed by atoms with Gasteiger partial charge in [0.05, 0.1) is 6.42 Å². The molecule has 0 aliphatic heterocycles. The minimum atomic E-state index is -0.0265. The summed E-state index contributed by atoms with van der Waals surface area (Å²) in [7, 11) is 0. The lowest BCUT2D eigenvalue weighted by Gasteiger charge is -2.40. The molecule has 0 amide bonds. The Balaban J connectivity index is 2.94. The molecule has 0 radical (unpaired) electrons. The Morgan fingerprint density at radius 3 is 1.38 bits per heavy atom. The van der Waals surface area contributed by atoms with E-state index >= 15 is 0 Å². The molecule has 0 spiro atoms. The van der Waals surface area contributed by atoms with Crippen LogP contribution in [0.4, 0.5) is 0 Å². The second-order valence-electron chi connectivity index (χ2n) is 7.18. The highest BCUT2D eigenvalue weighted by atomic mass is 16.2. The standard InChI is InChI=1S/C14H24O2/c1-13(2,3)9-7-10(14(4,5)6)12(16)8-11(9)15/h9-10H,7-8H2,1-6H3. The Labute approximate surface area is 98.8 Å². The maximum Gasteiger partial charge on any atom is 0.143 e. The van der Waals surface area contributed by atoms with E-state index in [4.69, 9.17) is 0 Å². The first-order valence-corrected chi connectivity index (χ1v) is 6.09. The van der Waals surface area contributed by atoms with E-state index in [1.165, 1.54) is 0 Å². The summed E-state index contributed by atoms with van der Waals surface area (Å²) < 4.78 is 0. The fourth-order valence-electron chi connectivity index (χ4n) is 2.59. The SMILES string of the molecule is CC(C)(C)C1CC(C(C)(C)C)C(=O)CC1=O. The molecular formula is C14H24O2. The molecule has 1 aliphatic rings. The fourth-order valence-corrected chi connectivity index (χ4v) is 2.59. The average Bonchev–Trinajstić information content (AvgIpc) is 1.97. The molecule has 2 heteroatoms. The van der Waals surface area contributed by atoms with E-state index in [0.717, 1.165) is 6.42 Å². The molecule has 1 aliphatic carbocycles. The van der Waals surface area contributed by atoms with Crippen LogP contribution in [0, 0.1) is 22.7 Å². The van der Waals surface area contributed by atoms with Gasteiger partial charge < -0.3 is 0 Å². The molecule has 0 N–H and O–H groups in total. The Morgan fingerprint density at radius 2 is 1.12 bits per heavy atom. The van der Waals surface area contributed by atoms with Crippen molar-refractivity contribution in [1.82, 2.24) is 0 Å². The highest BCUT2D eigenvalue weighted by Gasteiger charge is 2.44. The van der Waals surface area contributed by atoms with E-state index in [1.54, 1.807) is 0 Å². The molecule has 1 fully saturated rings. The van der Waals surface area contributed by atoms with E-state index < -0.39 is 0 Å². The molecule has 0 saturated heterocycles. The van der Waals surface area contributed by atoms with Crippen molar-refractivity contribution in [2.24, 2.45) is 22.7 Å². The Hall–Kier alpha value is -0.660. The monoisotopic (exact) mass is 224 g/mol. The van der Waals surface area contributed by atoms with Crippen LogP contribution in [0.3, 0.4) is 0 Å². The van der Waals surface area contributed by atoms with Gasteiger partial charge in [-0.2, -0.15) is 0 Å². The number of carbonyl (C=O) groups excluding carboxylic acids is 2. The lowest BCUT2D eigenvalue weighted by molar-refractivity contribution is -0.141. The van der Waals surface area contributed by atoms with E-state index in [0.29, 0.717) is 0 Å². The van der Waals surface area contributed by atoms with Crippen molar-refractivity contribution in [3.05, 3.63) is 0 Å². The van der Waals surface area contributed by atoms with Crippen LogP contribution in [0.5, 0.6) is 0 Å². The molecule has 2 unspecified atom stereocenters. The van der Waals surface area contributed by atoms with E-state index in [1.807, 2.05) is 0 Å². The molecule has 92 valence electrons. The van der Waals surface area contributed by atoms with Gasteiger partial charge in [0.25, 0.3) is 0 Å². The highest BCUT2D eigenvalue weighted by Crippen LogP contribution is 2.42. The molecule has 2 atom stereocenters. The first-order valence-electron chi connectivity index (χ1n) is 6.09. The summed E-state index contributed by atoms with van der Waals surface area (Å²) in [5.74, 6) is 0.347. The van der Waals surface area contributed by atoms with Crippen molar-refractivity contribution in [1.29, 1.82) is 0 Å². The zero-order valence-corrected chi connectivity index (χ0v) is 11.4. The maximum atomic E-state index is 11.9. The smallest absolute Gasteiger partial charge is 0.143 e. The summed E-state index contributed by atoms with van der Waals surface area (Å²) in [4.78, 5) is 23.8. The van der Waals surface area contributed by atoms with Gasteiger partial charge in [-0.1, -0.05) is 41.5 Å². The number of rotatable bonds is 0. The first kappa shape index (κ1) is 13.4. The number of Topliss-reactive ketones (excluding diaryl/α,β-unsaturated/α-hetero) is 2. The predicted molar refractivity (Wildman–Crippen MR) is 65.1 cm³/mol. The van der Waals surface area contributed by atoms with Crippen LogP contribution < -0.4 is 0 Å². The number of hydrogen-bond donors (Lipinski definition) is 0. The summed E-state index contributed by atoms with van der Waals surface area (Å²) in [6.07, 6.45) is 0.870. The van der Waals surface area contributed by atoms with E-state index in [9.17, 15) is 9.59 Å². The van der Waals surface area contributed by atoms with Crippen LogP contribution >= 0.6 is 0 Å². The number of ketones is 2. The Bertz CT molecular complexity index is 272. The number of carbonyl (C=O) groups is 2. The average molecular weight is 224 g/mol. The van der Waals surface area contributed by atoms with Crippen LogP contribution in [0.15, 0.2) is 0 Å². The van der Waals surface area contributed by atoms with Gasteiger partial charge in [0.1, 0.15) is 11.6 Å². The molecule has 0 aromatic heterocycles. The maximum absolute atomic E-state index is 11.9. The topological polar surface area (TPSA) is 34.1 Å². The van der Waals surface area contributed by atoms with Crippen LogP contribution in [0.25, 0.3) is 0 Å². The van der Waals surface area contributed by atoms with Gasteiger partial charge in [-0.15, -0.1) is 0 Å². The van der Waals surface area contributed by atoms with Crippen LogP contribution in [-0.2, 0) is 9.59 Å². The van der Waals surface area contributed by atoms with Gasteiger partial charge >= 0.3 is 0 Å². The van der Waals surface area contributed by atoms with Crippen molar-refractivity contribution >= 4 is 11.6 Å². The van der Waals surface area contributed by atoms with Crippen LogP contribution in [0.1, 0.15) is 54.4 Å². The third kappa shape index (κ3) is 2.72. The Morgan fingerprint density at radius 1 is 0.812 bits per heavy atom. The molecule has 0 aromatic rings. The normalized spacial score (nSPS) is 28.4. The zero-order chi connectivity index (χ0) is 12.7. The van der Waals surface area contributed by atoms with E-state index in [2.05, 4.69) is 41.5 Å². The number of hydrogen-bond acceptors (Lipinski definition) is 2. The molecular weight excluding hydrogens is 200 g/mol. The molecule has 16 heavy (non-hydrogen) atoms. The second kappa shape index (κ2) is 3.97. The molecule has 0 aromatic carbocycles. The highest BCUT2D eigenvalue weighted by molar-refractivity contribution is 6.04. The quantitative estimate of drug-likeness (QED) is 0.592. The summed E-state index contributed by atoms with van der Waals surface area (Å²) in [5.41, 5.74) is -0.0530. The third-order valence-corrected chi connectivity index (χ3v) is 3.69. The van der Waals surface area contributed by atoms with Gasteiger partial charge in [-0.05, 0) is 17.3 Å². The summed E-state index contributed by atoms with van der Waals surface area (Å²) in [5, 5.41) is 0. The minimum absolute atomic E-state index is 0.0265. The van der Waals surface area contributed by atoms with Crippen molar-refractivity contribution < 1.29 is 9.59 Å². The molecule has 1 saturated carbocycles. The predicted octanol–water partition coefficient (Wildman–Crippen LogP) is 3.24. The van der Waals surface area contributed by atoms with Gasteiger partial charge in [0.15, 0.2) is 0 Å². The van der Waals surface area contributed by atoms with Crippen molar-refractivity contribution in [3.8, 4) is 0 Å². The lowest BCUT2D eigenvalue weighted by atomic mass is 9.62. The largest absolute Gasteiger partial charge is 0.299 e. The summed E-state index contributed by atoms with van der Waals surface area (Å²) in [6.45, 7) is 12.5. The Kier molecular flexibility index (Phi) is 3.33. The van der Waals surface area contributed by atoms with Gasteiger partial charge in [0.2, 0.25) is 0 Å². The van der Waals surface area contributed by atoms with Crippen molar-refractivity contribution in [2.45, 2.75) is 54.4 Å². The van der Waals surface area contributed by atoms with Crippen molar-refractivity contribution in [3.63, 3.8) is 0 Å². The fraction of sp³-hybridized carbons (Fsp3) is 0.857. The molecule has 1 rings (SSSR count). The first-order chi connectivity index (χ1) is 7.03. The zero-order valence-electron chi connectivity index (χ0n) is 11.4. The van der Waals surface area contributed by atoms with Crippen LogP contribution in [-0.4, -0.2) is 11.6 Å². The van der Waals surface area contributed by atoms with Crippen LogP contribution in [0.2, 0.25) is 0 Å². The van der Waals surface area contributed by atoms with E-state index in [-0.39, 0.29) is 40.7 Å².